The first-order valence-corrected chi connectivity index (χ1v) is 5.39. The van der Waals surface area contributed by atoms with Crippen molar-refractivity contribution in [3.63, 3.8) is 0 Å². The normalized spacial score (nSPS) is 11.5. The molecule has 0 aliphatic carbocycles. The number of rotatable bonds is 5. The summed E-state index contributed by atoms with van der Waals surface area (Å²) in [5.41, 5.74) is 0.153. The monoisotopic (exact) mass is 257 g/mol. The Hall–Kier alpha value is -1.56. The van der Waals surface area contributed by atoms with E-state index < -0.39 is 23.8 Å². The lowest BCUT2D eigenvalue weighted by Gasteiger charge is -2.26. The van der Waals surface area contributed by atoms with Crippen molar-refractivity contribution in [3.8, 4) is 0 Å². The van der Waals surface area contributed by atoms with Crippen LogP contribution in [0.3, 0.4) is 0 Å². The van der Waals surface area contributed by atoms with E-state index in [0.717, 1.165) is 0 Å². The molecular weight excluding hydrogens is 242 g/mol. The van der Waals surface area contributed by atoms with E-state index in [1.165, 1.54) is 13.8 Å². The Morgan fingerprint density at radius 1 is 1.18 bits per heavy atom. The van der Waals surface area contributed by atoms with Crippen LogP contribution in [0.15, 0.2) is 24.3 Å². The molecule has 0 radical (unpaired) electrons. The lowest BCUT2D eigenvalue weighted by atomic mass is 10.1. The van der Waals surface area contributed by atoms with Gasteiger partial charge in [0.2, 0.25) is 0 Å². The highest BCUT2D eigenvalue weighted by molar-refractivity contribution is 7.80. The van der Waals surface area contributed by atoms with Gasteiger partial charge in [0, 0.05) is 16.9 Å². The van der Waals surface area contributed by atoms with Crippen molar-refractivity contribution in [2.24, 2.45) is 0 Å². The molecule has 0 aromatic carbocycles. The smallest absolute Gasteiger partial charge is 0.327 e. The van der Waals surface area contributed by atoms with E-state index in [9.17, 15) is 14.4 Å². The van der Waals surface area contributed by atoms with Crippen LogP contribution in [0.2, 0.25) is 0 Å². The van der Waals surface area contributed by atoms with Crippen molar-refractivity contribution in [2.45, 2.75) is 19.9 Å². The summed E-state index contributed by atoms with van der Waals surface area (Å²) in [6.45, 7) is 9.61. The molecule has 0 spiro atoms. The topological polar surface area (TPSA) is 74.7 Å². The van der Waals surface area contributed by atoms with Gasteiger partial charge < -0.3 is 5.11 Å². The summed E-state index contributed by atoms with van der Waals surface area (Å²) in [6, 6.07) is -1.33. The van der Waals surface area contributed by atoms with Gasteiger partial charge in [0.1, 0.15) is 6.04 Å². The van der Waals surface area contributed by atoms with Crippen LogP contribution in [-0.2, 0) is 14.4 Å². The van der Waals surface area contributed by atoms with Crippen molar-refractivity contribution in [2.75, 3.05) is 5.75 Å². The Labute approximate surface area is 105 Å². The fourth-order valence-electron chi connectivity index (χ4n) is 1.06. The molecular formula is C11H15NO4S. The highest BCUT2D eigenvalue weighted by Gasteiger charge is 2.34. The Bertz CT molecular complexity index is 363. The van der Waals surface area contributed by atoms with Gasteiger partial charge in [-0.15, -0.1) is 0 Å². The number of imide groups is 1. The number of aliphatic carboxylic acids is 1. The maximum Gasteiger partial charge on any atom is 0.327 e. The summed E-state index contributed by atoms with van der Waals surface area (Å²) < 4.78 is 0. The van der Waals surface area contributed by atoms with E-state index in [1.807, 2.05) is 0 Å². The first-order valence-electron chi connectivity index (χ1n) is 4.76. The van der Waals surface area contributed by atoms with E-state index in [2.05, 4.69) is 25.8 Å². The van der Waals surface area contributed by atoms with Gasteiger partial charge in [-0.3, -0.25) is 14.5 Å². The zero-order chi connectivity index (χ0) is 13.7. The minimum atomic E-state index is -1.33. The van der Waals surface area contributed by atoms with E-state index in [-0.39, 0.29) is 16.9 Å². The van der Waals surface area contributed by atoms with Crippen LogP contribution < -0.4 is 0 Å². The number of carbonyl (C=O) groups is 3. The lowest BCUT2D eigenvalue weighted by Crippen LogP contribution is -2.50. The molecule has 5 nitrogen and oxygen atoms in total. The van der Waals surface area contributed by atoms with E-state index in [4.69, 9.17) is 5.11 Å². The summed E-state index contributed by atoms with van der Waals surface area (Å²) in [7, 11) is 0. The lowest BCUT2D eigenvalue weighted by molar-refractivity contribution is -0.154. The molecule has 94 valence electrons. The van der Waals surface area contributed by atoms with Crippen molar-refractivity contribution in [1.29, 1.82) is 0 Å². The number of nitrogens with zero attached hydrogens (tertiary/aromatic N) is 1. The van der Waals surface area contributed by atoms with Crippen LogP contribution in [0.4, 0.5) is 0 Å². The molecule has 0 bridgehead atoms. The largest absolute Gasteiger partial charge is 0.480 e. The predicted octanol–water partition coefficient (Wildman–Crippen LogP) is 0.877. The summed E-state index contributed by atoms with van der Waals surface area (Å²) in [4.78, 5) is 35.1. The quantitative estimate of drug-likeness (QED) is 0.566. The molecule has 0 aromatic rings. The predicted molar refractivity (Wildman–Crippen MR) is 66.8 cm³/mol. The molecule has 0 heterocycles. The summed E-state index contributed by atoms with van der Waals surface area (Å²) in [6.07, 6.45) is 0. The Morgan fingerprint density at radius 2 is 1.53 bits per heavy atom. The maximum absolute atomic E-state index is 11.8. The van der Waals surface area contributed by atoms with Crippen LogP contribution >= 0.6 is 12.6 Å². The molecule has 2 amide bonds. The maximum atomic E-state index is 11.8. The molecule has 1 atom stereocenters. The highest BCUT2D eigenvalue weighted by atomic mass is 32.1. The van der Waals surface area contributed by atoms with Gasteiger partial charge in [0.15, 0.2) is 0 Å². The minimum Gasteiger partial charge on any atom is -0.480 e. The molecule has 0 saturated heterocycles. The van der Waals surface area contributed by atoms with Crippen LogP contribution in [0.5, 0.6) is 0 Å². The standard InChI is InChI=1S/C11H15NO4S/c1-6(2)9(13)12(10(14)7(3)4)8(5-17)11(15)16/h8,17H,1,3,5H2,2,4H3,(H,15,16). The van der Waals surface area contributed by atoms with Crippen LogP contribution in [-0.4, -0.2) is 39.6 Å². The summed E-state index contributed by atoms with van der Waals surface area (Å²) in [5, 5.41) is 8.95. The molecule has 0 aromatic heterocycles. The van der Waals surface area contributed by atoms with Gasteiger partial charge >= 0.3 is 5.97 Å². The highest BCUT2D eigenvalue weighted by Crippen LogP contribution is 2.11. The van der Waals surface area contributed by atoms with Crippen molar-refractivity contribution in [3.05, 3.63) is 24.3 Å². The third kappa shape index (κ3) is 3.74. The number of amides is 2. The second kappa shape index (κ2) is 6.24. The Balaban J connectivity index is 5.45. The molecule has 0 saturated carbocycles. The summed E-state index contributed by atoms with van der Waals surface area (Å²) in [5.74, 6) is -2.95. The molecule has 0 rings (SSSR count). The number of hydrogen-bond donors (Lipinski definition) is 2. The van der Waals surface area contributed by atoms with Crippen LogP contribution in [0.25, 0.3) is 0 Å². The first kappa shape index (κ1) is 15.4. The first-order chi connectivity index (χ1) is 7.73. The molecule has 6 heteroatoms. The van der Waals surface area contributed by atoms with Crippen LogP contribution in [0, 0.1) is 0 Å². The van der Waals surface area contributed by atoms with Gasteiger partial charge in [-0.2, -0.15) is 12.6 Å². The third-order valence-electron chi connectivity index (χ3n) is 1.94. The Morgan fingerprint density at radius 3 is 1.71 bits per heavy atom. The second-order valence-corrected chi connectivity index (χ2v) is 3.94. The molecule has 1 N–H and O–H groups in total. The van der Waals surface area contributed by atoms with Gasteiger partial charge in [0.05, 0.1) is 0 Å². The van der Waals surface area contributed by atoms with E-state index in [0.29, 0.717) is 4.90 Å². The fraction of sp³-hybridized carbons (Fsp3) is 0.364. The SMILES string of the molecule is C=C(C)C(=O)N(C(=O)C(=C)C)C(CS)C(=O)O. The zero-order valence-corrected chi connectivity index (χ0v) is 10.7. The third-order valence-corrected chi connectivity index (χ3v) is 2.28. The van der Waals surface area contributed by atoms with Crippen molar-refractivity contribution < 1.29 is 19.5 Å². The van der Waals surface area contributed by atoms with E-state index >= 15 is 0 Å². The summed E-state index contributed by atoms with van der Waals surface area (Å²) >= 11 is 3.83. The molecule has 1 unspecified atom stereocenters. The van der Waals surface area contributed by atoms with Gasteiger partial charge in [-0.05, 0) is 13.8 Å². The minimum absolute atomic E-state index is 0.0765. The molecule has 0 fully saturated rings. The molecule has 17 heavy (non-hydrogen) atoms. The average Bonchev–Trinajstić information content (AvgIpc) is 2.22. The van der Waals surface area contributed by atoms with Gasteiger partial charge in [0.25, 0.3) is 11.8 Å². The second-order valence-electron chi connectivity index (χ2n) is 3.58. The number of carboxylic acids is 1. The molecule has 0 aliphatic heterocycles. The number of carbonyl (C=O) groups excluding carboxylic acids is 2. The van der Waals surface area contributed by atoms with Crippen molar-refractivity contribution in [1.82, 2.24) is 4.90 Å². The number of hydrogen-bond acceptors (Lipinski definition) is 4. The van der Waals surface area contributed by atoms with Gasteiger partial charge in [-0.25, -0.2) is 4.79 Å². The number of carboxylic acid groups (broad SMARTS) is 1. The molecule has 0 aliphatic rings. The zero-order valence-electron chi connectivity index (χ0n) is 9.77. The Kier molecular flexibility index (Phi) is 5.67. The number of thiol groups is 1. The van der Waals surface area contributed by atoms with E-state index in [1.54, 1.807) is 0 Å². The van der Waals surface area contributed by atoms with Crippen molar-refractivity contribution >= 4 is 30.4 Å². The average molecular weight is 257 g/mol. The van der Waals surface area contributed by atoms with Gasteiger partial charge in [-0.1, -0.05) is 13.2 Å². The van der Waals surface area contributed by atoms with Crippen LogP contribution in [0.1, 0.15) is 13.8 Å². The fourth-order valence-corrected chi connectivity index (χ4v) is 1.38.